The van der Waals surface area contributed by atoms with Crippen molar-refractivity contribution in [3.8, 4) is 17.6 Å². The zero-order valence-electron chi connectivity index (χ0n) is 12.2. The van der Waals surface area contributed by atoms with Crippen LogP contribution in [0.1, 0.15) is 5.56 Å². The molecule has 0 amide bonds. The lowest BCUT2D eigenvalue weighted by Gasteiger charge is -2.08. The van der Waals surface area contributed by atoms with E-state index in [4.69, 9.17) is 10.00 Å². The van der Waals surface area contributed by atoms with Gasteiger partial charge in [0.25, 0.3) is 10.0 Å². The number of anilines is 1. The summed E-state index contributed by atoms with van der Waals surface area (Å²) in [5.74, 6) is 0.470. The van der Waals surface area contributed by atoms with Gasteiger partial charge in [-0.1, -0.05) is 18.2 Å². The number of phenols is 1. The van der Waals surface area contributed by atoms with Crippen LogP contribution >= 0.6 is 0 Å². The molecule has 118 valence electrons. The number of methoxy groups -OCH3 is 1. The van der Waals surface area contributed by atoms with E-state index >= 15 is 0 Å². The number of nitrogens with one attached hydrogen (secondary N) is 1. The monoisotopic (exact) mass is 330 g/mol. The summed E-state index contributed by atoms with van der Waals surface area (Å²) in [6.45, 7) is 0. The number of ether oxygens (including phenoxy) is 1. The van der Waals surface area contributed by atoms with Gasteiger partial charge in [-0.2, -0.15) is 5.26 Å². The first kappa shape index (κ1) is 16.4. The van der Waals surface area contributed by atoms with Crippen molar-refractivity contribution in [1.82, 2.24) is 0 Å². The van der Waals surface area contributed by atoms with Crippen molar-refractivity contribution < 1.29 is 18.3 Å². The van der Waals surface area contributed by atoms with E-state index in [0.29, 0.717) is 11.4 Å². The Balaban J connectivity index is 2.32. The van der Waals surface area contributed by atoms with Crippen LogP contribution in [-0.2, 0) is 10.0 Å². The third kappa shape index (κ3) is 4.02. The van der Waals surface area contributed by atoms with Gasteiger partial charge in [0.2, 0.25) is 0 Å². The number of nitrogens with zero attached hydrogens (tertiary/aromatic N) is 1. The third-order valence-electron chi connectivity index (χ3n) is 2.97. The summed E-state index contributed by atoms with van der Waals surface area (Å²) in [4.78, 5) is -0.505. The van der Waals surface area contributed by atoms with Crippen LogP contribution in [0.2, 0.25) is 0 Å². The second kappa shape index (κ2) is 6.85. The molecule has 23 heavy (non-hydrogen) atoms. The van der Waals surface area contributed by atoms with E-state index in [1.807, 2.05) is 0 Å². The molecule has 0 aliphatic carbocycles. The summed E-state index contributed by atoms with van der Waals surface area (Å²) in [6.07, 6.45) is 1.11. The van der Waals surface area contributed by atoms with E-state index < -0.39 is 14.9 Å². The number of aromatic hydroxyl groups is 1. The number of hydrogen-bond donors (Lipinski definition) is 2. The molecule has 0 fully saturated rings. The normalized spacial score (nSPS) is 11.6. The molecule has 0 aliphatic heterocycles. The van der Waals surface area contributed by atoms with Gasteiger partial charge in [-0.05, 0) is 36.4 Å². The highest BCUT2D eigenvalue weighted by atomic mass is 32.2. The van der Waals surface area contributed by atoms with E-state index in [1.54, 1.807) is 30.3 Å². The van der Waals surface area contributed by atoms with Crippen molar-refractivity contribution in [1.29, 1.82) is 5.26 Å². The Hall–Kier alpha value is -2.98. The molecule has 2 rings (SSSR count). The fourth-order valence-corrected chi connectivity index (χ4v) is 2.75. The number of phenolic OH excluding ortho intramolecular Hbond substituents is 1. The first-order valence-corrected chi connectivity index (χ1v) is 8.01. The molecule has 0 atom stereocenters. The highest BCUT2D eigenvalue weighted by Gasteiger charge is 2.18. The Labute approximate surface area is 134 Å². The van der Waals surface area contributed by atoms with E-state index in [0.717, 1.165) is 6.08 Å². The SMILES string of the molecule is COc1ccc(NS(=O)(=O)C(C#N)=Cc2ccccc2O)cc1. The lowest BCUT2D eigenvalue weighted by molar-refractivity contribution is 0.415. The summed E-state index contributed by atoms with van der Waals surface area (Å²) in [5.41, 5.74) is 0.536. The molecule has 0 aromatic heterocycles. The van der Waals surface area contributed by atoms with Crippen LogP contribution in [0.5, 0.6) is 11.5 Å². The average Bonchev–Trinajstić information content (AvgIpc) is 2.54. The van der Waals surface area contributed by atoms with Crippen LogP contribution in [0.4, 0.5) is 5.69 Å². The molecule has 0 saturated heterocycles. The van der Waals surface area contributed by atoms with E-state index in [2.05, 4.69) is 4.72 Å². The van der Waals surface area contributed by atoms with Gasteiger partial charge in [0.15, 0.2) is 4.91 Å². The zero-order chi connectivity index (χ0) is 16.9. The van der Waals surface area contributed by atoms with Gasteiger partial charge in [-0.25, -0.2) is 8.42 Å². The number of hydrogen-bond acceptors (Lipinski definition) is 5. The van der Waals surface area contributed by atoms with Crippen LogP contribution < -0.4 is 9.46 Å². The maximum Gasteiger partial charge on any atom is 0.272 e. The summed E-state index contributed by atoms with van der Waals surface area (Å²) in [6, 6.07) is 14.0. The number of rotatable bonds is 5. The van der Waals surface area contributed by atoms with Crippen LogP contribution in [-0.4, -0.2) is 20.6 Å². The van der Waals surface area contributed by atoms with Crippen molar-refractivity contribution in [3.05, 3.63) is 59.0 Å². The highest BCUT2D eigenvalue weighted by molar-refractivity contribution is 7.96. The minimum absolute atomic E-state index is 0.111. The van der Waals surface area contributed by atoms with E-state index in [1.165, 1.54) is 31.4 Å². The van der Waals surface area contributed by atoms with Gasteiger partial charge in [-0.15, -0.1) is 0 Å². The van der Waals surface area contributed by atoms with Gasteiger partial charge in [0.05, 0.1) is 7.11 Å². The number of para-hydroxylation sites is 1. The smallest absolute Gasteiger partial charge is 0.272 e. The largest absolute Gasteiger partial charge is 0.507 e. The lowest BCUT2D eigenvalue weighted by atomic mass is 10.2. The predicted octanol–water partition coefficient (Wildman–Crippen LogP) is 2.71. The van der Waals surface area contributed by atoms with Crippen molar-refractivity contribution >= 4 is 21.8 Å². The Bertz CT molecular complexity index is 866. The van der Waals surface area contributed by atoms with Crippen molar-refractivity contribution in [2.45, 2.75) is 0 Å². The van der Waals surface area contributed by atoms with Crippen molar-refractivity contribution in [2.75, 3.05) is 11.8 Å². The van der Waals surface area contributed by atoms with E-state index in [9.17, 15) is 13.5 Å². The van der Waals surface area contributed by atoms with Crippen molar-refractivity contribution in [2.24, 2.45) is 0 Å². The molecule has 0 aliphatic rings. The van der Waals surface area contributed by atoms with Crippen LogP contribution in [0, 0.1) is 11.3 Å². The molecule has 0 saturated carbocycles. The molecule has 2 aromatic carbocycles. The van der Waals surface area contributed by atoms with Gasteiger partial charge < -0.3 is 9.84 Å². The fraction of sp³-hybridized carbons (Fsp3) is 0.0625. The van der Waals surface area contributed by atoms with Crippen LogP contribution in [0.25, 0.3) is 6.08 Å². The predicted molar refractivity (Wildman–Crippen MR) is 87.2 cm³/mol. The number of benzene rings is 2. The van der Waals surface area contributed by atoms with Gasteiger partial charge in [0, 0.05) is 11.3 Å². The molecular weight excluding hydrogens is 316 g/mol. The minimum atomic E-state index is -4.06. The molecule has 2 N–H and O–H groups in total. The maximum absolute atomic E-state index is 12.3. The molecule has 2 aromatic rings. The first-order valence-electron chi connectivity index (χ1n) is 6.53. The Kier molecular flexibility index (Phi) is 4.88. The van der Waals surface area contributed by atoms with Crippen LogP contribution in [0.3, 0.4) is 0 Å². The topological polar surface area (TPSA) is 99.4 Å². The molecular formula is C16H14N2O4S. The van der Waals surface area contributed by atoms with Gasteiger partial charge in [-0.3, -0.25) is 4.72 Å². The number of sulfonamides is 1. The third-order valence-corrected chi connectivity index (χ3v) is 4.26. The second-order valence-corrected chi connectivity index (χ2v) is 6.16. The molecule has 0 radical (unpaired) electrons. The molecule has 6 nitrogen and oxygen atoms in total. The standard InChI is InChI=1S/C16H14N2O4S/c1-22-14-8-6-13(7-9-14)18-23(20,21)15(11-17)10-12-4-2-3-5-16(12)19/h2-10,18-19H,1H3. The summed E-state index contributed by atoms with van der Waals surface area (Å²) >= 11 is 0. The average molecular weight is 330 g/mol. The van der Waals surface area contributed by atoms with Gasteiger partial charge in [0.1, 0.15) is 17.6 Å². The maximum atomic E-state index is 12.3. The second-order valence-electron chi connectivity index (χ2n) is 4.51. The Morgan fingerprint density at radius 3 is 2.43 bits per heavy atom. The van der Waals surface area contributed by atoms with E-state index in [-0.39, 0.29) is 11.3 Å². The number of nitriles is 1. The van der Waals surface area contributed by atoms with Gasteiger partial charge >= 0.3 is 0 Å². The first-order chi connectivity index (χ1) is 11.0. The Morgan fingerprint density at radius 2 is 1.87 bits per heavy atom. The lowest BCUT2D eigenvalue weighted by Crippen LogP contribution is -2.14. The van der Waals surface area contributed by atoms with Crippen molar-refractivity contribution in [3.63, 3.8) is 0 Å². The zero-order valence-corrected chi connectivity index (χ0v) is 13.0. The molecule has 0 spiro atoms. The summed E-state index contributed by atoms with van der Waals surface area (Å²) in [7, 11) is -2.56. The molecule has 0 bridgehead atoms. The molecule has 0 unspecified atom stereocenters. The minimum Gasteiger partial charge on any atom is -0.507 e. The Morgan fingerprint density at radius 1 is 1.22 bits per heavy atom. The molecule has 0 heterocycles. The fourth-order valence-electron chi connectivity index (χ4n) is 1.79. The van der Waals surface area contributed by atoms with Crippen LogP contribution in [0.15, 0.2) is 53.4 Å². The summed E-state index contributed by atoms with van der Waals surface area (Å²) in [5, 5.41) is 18.8. The quantitative estimate of drug-likeness (QED) is 0.821. The number of allylic oxidation sites excluding steroid dienone is 1. The highest BCUT2D eigenvalue weighted by Crippen LogP contribution is 2.23. The molecule has 7 heteroatoms. The summed E-state index contributed by atoms with van der Waals surface area (Å²) < 4.78 is 31.9.